The summed E-state index contributed by atoms with van der Waals surface area (Å²) in [4.78, 5) is 10.1. The predicted octanol–water partition coefficient (Wildman–Crippen LogP) is 13.9. The van der Waals surface area contributed by atoms with Crippen LogP contribution in [0.4, 0.5) is 0 Å². The van der Waals surface area contributed by atoms with E-state index in [4.69, 9.17) is 9.97 Å². The highest BCUT2D eigenvalue weighted by molar-refractivity contribution is 6.10. The lowest BCUT2D eigenvalue weighted by molar-refractivity contribution is 1.11. The normalized spacial score (nSPS) is 11.6. The van der Waals surface area contributed by atoms with E-state index in [0.29, 0.717) is 5.82 Å². The first-order valence-electron chi connectivity index (χ1n) is 19.3. The van der Waals surface area contributed by atoms with Crippen molar-refractivity contribution in [2.24, 2.45) is 0 Å². The zero-order valence-electron chi connectivity index (χ0n) is 31.5. The lowest BCUT2D eigenvalue weighted by Crippen LogP contribution is -1.97. The highest BCUT2D eigenvalue weighted by atomic mass is 15.0. The monoisotopic (exact) mass is 730 g/mol. The Balaban J connectivity index is 1.10. The van der Waals surface area contributed by atoms with Gasteiger partial charge in [0.1, 0.15) is 0 Å². The van der Waals surface area contributed by atoms with E-state index in [-0.39, 0.29) is 0 Å². The van der Waals surface area contributed by atoms with Crippen molar-refractivity contribution in [3.05, 3.63) is 206 Å². The Morgan fingerprint density at radius 2 is 0.947 bits per heavy atom. The number of para-hydroxylation sites is 2. The van der Waals surface area contributed by atoms with Crippen LogP contribution in [-0.2, 0) is 0 Å². The Kier molecular flexibility index (Phi) is 8.50. The Labute approximate surface area is 332 Å². The van der Waals surface area contributed by atoms with E-state index in [2.05, 4.69) is 180 Å². The molecule has 0 aliphatic heterocycles. The molecule has 10 aromatic rings. The highest BCUT2D eigenvalue weighted by Gasteiger charge is 2.18. The highest BCUT2D eigenvalue weighted by Crippen LogP contribution is 2.38. The van der Waals surface area contributed by atoms with Crippen molar-refractivity contribution in [1.82, 2.24) is 19.1 Å². The number of hydrogen-bond acceptors (Lipinski definition) is 2. The van der Waals surface area contributed by atoms with Crippen molar-refractivity contribution in [3.63, 3.8) is 0 Å². The number of benzene rings is 7. The van der Waals surface area contributed by atoms with E-state index in [9.17, 15) is 0 Å². The molecule has 0 spiro atoms. The van der Waals surface area contributed by atoms with Crippen LogP contribution in [0, 0.1) is 0 Å². The van der Waals surface area contributed by atoms with Gasteiger partial charge >= 0.3 is 0 Å². The molecule has 0 saturated carbocycles. The minimum atomic E-state index is 0.707. The number of aromatic nitrogens is 4. The van der Waals surface area contributed by atoms with Gasteiger partial charge in [0.2, 0.25) is 0 Å². The maximum absolute atomic E-state index is 5.08. The average Bonchev–Trinajstić information content (AvgIpc) is 3.78. The molecule has 0 N–H and O–H groups in total. The van der Waals surface area contributed by atoms with Crippen molar-refractivity contribution < 1.29 is 0 Å². The predicted molar refractivity (Wildman–Crippen MR) is 240 cm³/mol. The molecule has 0 aliphatic carbocycles. The number of fused-ring (bicyclic) bond motifs is 4. The maximum atomic E-state index is 5.08. The van der Waals surface area contributed by atoms with Crippen LogP contribution in [0.2, 0.25) is 0 Å². The Bertz CT molecular complexity index is 3060. The summed E-state index contributed by atoms with van der Waals surface area (Å²) >= 11 is 0. The quantitative estimate of drug-likeness (QED) is 0.156. The van der Waals surface area contributed by atoms with E-state index in [1.807, 2.05) is 42.5 Å². The Morgan fingerprint density at radius 3 is 1.60 bits per heavy atom. The summed E-state index contributed by atoms with van der Waals surface area (Å²) in [5.41, 5.74) is 15.1. The minimum Gasteiger partial charge on any atom is -0.309 e. The summed E-state index contributed by atoms with van der Waals surface area (Å²) in [6.07, 6.45) is 6.25. The van der Waals surface area contributed by atoms with Crippen molar-refractivity contribution >= 4 is 44.9 Å². The van der Waals surface area contributed by atoms with Gasteiger partial charge in [-0.05, 0) is 72.7 Å². The second-order valence-corrected chi connectivity index (χ2v) is 14.2. The summed E-state index contributed by atoms with van der Waals surface area (Å²) in [5, 5.41) is 3.63. The van der Waals surface area contributed by atoms with Gasteiger partial charge in [0.15, 0.2) is 5.82 Å². The van der Waals surface area contributed by atoms with Crippen molar-refractivity contribution in [2.45, 2.75) is 6.92 Å². The fourth-order valence-corrected chi connectivity index (χ4v) is 8.19. The Morgan fingerprint density at radius 1 is 0.439 bits per heavy atom. The standard InChI is InChI=1S/C53H38N4/c1-3-16-43-45-31-27-39(33-51(45)56(49(43)4-2)41-21-12-7-13-22-41)40-28-32-46-44-23-14-15-24-50(44)57(52(46)34-40)42-29-25-37(26-30-42)48-35-47(36-17-8-5-9-18-36)54-53(55-48)38-19-10-6-11-20-38/h3-35H,2H2,1H3/b16-3-. The average molecular weight is 731 g/mol. The third-order valence-electron chi connectivity index (χ3n) is 10.8. The van der Waals surface area contributed by atoms with Crippen LogP contribution >= 0.6 is 0 Å². The van der Waals surface area contributed by atoms with Gasteiger partial charge in [0, 0.05) is 49.8 Å². The zero-order valence-corrected chi connectivity index (χ0v) is 31.5. The molecule has 270 valence electrons. The molecule has 57 heavy (non-hydrogen) atoms. The molecule has 7 aromatic carbocycles. The van der Waals surface area contributed by atoms with Crippen LogP contribution < -0.4 is 0 Å². The van der Waals surface area contributed by atoms with Crippen molar-refractivity contribution in [1.29, 1.82) is 0 Å². The van der Waals surface area contributed by atoms with E-state index in [0.717, 1.165) is 72.8 Å². The van der Waals surface area contributed by atoms with Gasteiger partial charge in [0.05, 0.1) is 33.6 Å². The summed E-state index contributed by atoms with van der Waals surface area (Å²) in [5.74, 6) is 0.707. The molecule has 0 unspecified atom stereocenters. The molecule has 10 rings (SSSR count). The van der Waals surface area contributed by atoms with Crippen LogP contribution in [0.15, 0.2) is 195 Å². The Hall–Kier alpha value is -7.56. The SMILES string of the molecule is C=Cc1c(/C=C\C)c2ccc(-c3ccc4c5ccccc5n(-c5ccc(-c6cc(-c7ccccc7)nc(-c7ccccc7)n6)cc5)c4c3)cc2n1-c1ccccc1. The van der Waals surface area contributed by atoms with Crippen LogP contribution in [0.1, 0.15) is 18.2 Å². The fourth-order valence-electron chi connectivity index (χ4n) is 8.19. The molecule has 0 bridgehead atoms. The van der Waals surface area contributed by atoms with Crippen LogP contribution in [-0.4, -0.2) is 19.1 Å². The van der Waals surface area contributed by atoms with Gasteiger partial charge in [0.25, 0.3) is 0 Å². The third-order valence-corrected chi connectivity index (χ3v) is 10.8. The molecule has 4 heteroatoms. The summed E-state index contributed by atoms with van der Waals surface area (Å²) in [6.45, 7) is 6.28. The molecule has 3 heterocycles. The first kappa shape index (κ1) is 34.0. The first-order chi connectivity index (χ1) is 28.2. The van der Waals surface area contributed by atoms with Crippen LogP contribution in [0.25, 0.3) is 101 Å². The molecular weight excluding hydrogens is 693 g/mol. The summed E-state index contributed by atoms with van der Waals surface area (Å²) in [6, 6.07) is 64.3. The van der Waals surface area contributed by atoms with Crippen LogP contribution in [0.5, 0.6) is 0 Å². The van der Waals surface area contributed by atoms with Gasteiger partial charge in [-0.25, -0.2) is 9.97 Å². The molecule has 0 amide bonds. The first-order valence-corrected chi connectivity index (χ1v) is 19.3. The van der Waals surface area contributed by atoms with E-state index < -0.39 is 0 Å². The van der Waals surface area contributed by atoms with Crippen molar-refractivity contribution in [2.75, 3.05) is 0 Å². The number of hydrogen-bond donors (Lipinski definition) is 0. The lowest BCUT2D eigenvalue weighted by atomic mass is 10.0. The molecule has 4 nitrogen and oxygen atoms in total. The van der Waals surface area contributed by atoms with Gasteiger partial charge < -0.3 is 9.13 Å². The molecule has 0 aliphatic rings. The van der Waals surface area contributed by atoms with Gasteiger partial charge in [-0.3, -0.25) is 0 Å². The smallest absolute Gasteiger partial charge is 0.160 e. The number of allylic oxidation sites excluding steroid dienone is 1. The molecule has 0 atom stereocenters. The van der Waals surface area contributed by atoms with Crippen LogP contribution in [0.3, 0.4) is 0 Å². The topological polar surface area (TPSA) is 35.6 Å². The summed E-state index contributed by atoms with van der Waals surface area (Å²) in [7, 11) is 0. The van der Waals surface area contributed by atoms with Gasteiger partial charge in [-0.1, -0.05) is 152 Å². The molecule has 0 fully saturated rings. The molecular formula is C53H38N4. The van der Waals surface area contributed by atoms with Gasteiger partial charge in [-0.2, -0.15) is 0 Å². The third kappa shape index (κ3) is 5.96. The number of nitrogens with zero attached hydrogens (tertiary/aromatic N) is 4. The van der Waals surface area contributed by atoms with E-state index in [1.54, 1.807) is 0 Å². The van der Waals surface area contributed by atoms with Gasteiger partial charge in [-0.15, -0.1) is 0 Å². The largest absolute Gasteiger partial charge is 0.309 e. The number of rotatable bonds is 8. The van der Waals surface area contributed by atoms with E-state index >= 15 is 0 Å². The summed E-state index contributed by atoms with van der Waals surface area (Å²) < 4.78 is 4.70. The fraction of sp³-hybridized carbons (Fsp3) is 0.0189. The lowest BCUT2D eigenvalue weighted by Gasteiger charge is -2.12. The minimum absolute atomic E-state index is 0.707. The molecule has 0 saturated heterocycles. The molecule has 3 aromatic heterocycles. The second kappa shape index (κ2) is 14.3. The van der Waals surface area contributed by atoms with Crippen molar-refractivity contribution in [3.8, 4) is 56.4 Å². The second-order valence-electron chi connectivity index (χ2n) is 14.2. The zero-order chi connectivity index (χ0) is 38.3. The van der Waals surface area contributed by atoms with E-state index in [1.165, 1.54) is 21.7 Å². The molecule has 0 radical (unpaired) electrons. The maximum Gasteiger partial charge on any atom is 0.160 e.